The Morgan fingerprint density at radius 2 is 2.21 bits per heavy atom. The van der Waals surface area contributed by atoms with Gasteiger partial charge in [0.15, 0.2) is 5.82 Å². The molecule has 2 aromatic rings. The van der Waals surface area contributed by atoms with E-state index in [-0.39, 0.29) is 6.10 Å². The molecule has 0 spiro atoms. The maximum atomic E-state index is 6.08. The van der Waals surface area contributed by atoms with Crippen molar-refractivity contribution in [2.24, 2.45) is 5.92 Å². The highest BCUT2D eigenvalue weighted by Crippen LogP contribution is 2.43. The van der Waals surface area contributed by atoms with Gasteiger partial charge in [0.1, 0.15) is 16.8 Å². The number of ether oxygens (including phenoxy) is 1. The third kappa shape index (κ3) is 2.44. The van der Waals surface area contributed by atoms with Gasteiger partial charge in [0.05, 0.1) is 5.39 Å². The zero-order valence-electron chi connectivity index (χ0n) is 11.3. The lowest BCUT2D eigenvalue weighted by atomic mass is 10.2. The molecule has 102 valence electrons. The predicted molar refractivity (Wildman–Crippen MR) is 78.3 cm³/mol. The van der Waals surface area contributed by atoms with E-state index in [0.29, 0.717) is 18.3 Å². The minimum absolute atomic E-state index is 0.0175. The highest BCUT2D eigenvalue weighted by Gasteiger charge is 2.35. The standard InChI is InChI=1S/C14H19N3OS/c1-3-9-7-10-12(15)16-13(17-14(10)19-9)11(18-4-2)8-5-6-8/h7-8,11H,3-6H2,1-2H3,(H2,15,16,17). The van der Waals surface area contributed by atoms with Crippen LogP contribution in [-0.4, -0.2) is 16.6 Å². The Kier molecular flexibility index (Phi) is 3.41. The summed E-state index contributed by atoms with van der Waals surface area (Å²) in [7, 11) is 0. The number of aromatic nitrogens is 2. The first-order valence-corrected chi connectivity index (χ1v) is 7.72. The van der Waals surface area contributed by atoms with Crippen LogP contribution in [-0.2, 0) is 11.2 Å². The van der Waals surface area contributed by atoms with Crippen LogP contribution in [0.5, 0.6) is 0 Å². The van der Waals surface area contributed by atoms with Gasteiger partial charge in [-0.25, -0.2) is 9.97 Å². The molecule has 1 aliphatic carbocycles. The minimum atomic E-state index is 0.0175. The molecule has 1 unspecified atom stereocenters. The van der Waals surface area contributed by atoms with Gasteiger partial charge >= 0.3 is 0 Å². The molecule has 2 aromatic heterocycles. The van der Waals surface area contributed by atoms with Crippen molar-refractivity contribution in [2.75, 3.05) is 12.3 Å². The van der Waals surface area contributed by atoms with Gasteiger partial charge in [-0.05, 0) is 38.2 Å². The van der Waals surface area contributed by atoms with Crippen molar-refractivity contribution in [3.63, 3.8) is 0 Å². The highest BCUT2D eigenvalue weighted by molar-refractivity contribution is 7.18. The molecule has 1 aliphatic rings. The lowest BCUT2D eigenvalue weighted by Crippen LogP contribution is -2.12. The summed E-state index contributed by atoms with van der Waals surface area (Å²) in [6.07, 6.45) is 3.43. The maximum absolute atomic E-state index is 6.08. The van der Waals surface area contributed by atoms with E-state index >= 15 is 0 Å². The summed E-state index contributed by atoms with van der Waals surface area (Å²) in [6, 6.07) is 2.10. The Morgan fingerprint density at radius 1 is 1.42 bits per heavy atom. The van der Waals surface area contributed by atoms with Crippen molar-refractivity contribution in [1.29, 1.82) is 0 Å². The first kappa shape index (κ1) is 12.8. The molecule has 3 rings (SSSR count). The molecule has 19 heavy (non-hydrogen) atoms. The predicted octanol–water partition coefficient (Wildman–Crippen LogP) is 3.32. The molecule has 0 aliphatic heterocycles. The molecular weight excluding hydrogens is 258 g/mol. The van der Waals surface area contributed by atoms with E-state index in [2.05, 4.69) is 23.0 Å². The fraction of sp³-hybridized carbons (Fsp3) is 0.571. The van der Waals surface area contributed by atoms with Crippen LogP contribution in [0.25, 0.3) is 10.2 Å². The Morgan fingerprint density at radius 3 is 2.84 bits per heavy atom. The second-order valence-corrected chi connectivity index (χ2v) is 6.08. The van der Waals surface area contributed by atoms with Gasteiger partial charge < -0.3 is 10.5 Å². The van der Waals surface area contributed by atoms with Crippen LogP contribution in [0, 0.1) is 5.92 Å². The fourth-order valence-corrected chi connectivity index (χ4v) is 3.29. The van der Waals surface area contributed by atoms with Crippen LogP contribution >= 0.6 is 11.3 Å². The molecular formula is C14H19N3OS. The average molecular weight is 277 g/mol. The summed E-state index contributed by atoms with van der Waals surface area (Å²) in [5, 5.41) is 0.983. The van der Waals surface area contributed by atoms with Crippen molar-refractivity contribution in [3.05, 3.63) is 16.8 Å². The molecule has 2 heterocycles. The zero-order chi connectivity index (χ0) is 13.4. The number of nitrogen functional groups attached to an aromatic ring is 1. The molecule has 0 bridgehead atoms. The molecule has 0 radical (unpaired) electrons. The smallest absolute Gasteiger partial charge is 0.161 e. The molecule has 1 fully saturated rings. The summed E-state index contributed by atoms with van der Waals surface area (Å²) < 4.78 is 5.81. The lowest BCUT2D eigenvalue weighted by Gasteiger charge is -2.15. The van der Waals surface area contributed by atoms with Gasteiger partial charge in [-0.2, -0.15) is 0 Å². The van der Waals surface area contributed by atoms with Crippen LogP contribution < -0.4 is 5.73 Å². The second-order valence-electron chi connectivity index (χ2n) is 4.97. The Hall–Kier alpha value is -1.20. The summed E-state index contributed by atoms with van der Waals surface area (Å²) in [5.74, 6) is 1.92. The van der Waals surface area contributed by atoms with Crippen LogP contribution in [0.2, 0.25) is 0 Å². The van der Waals surface area contributed by atoms with E-state index in [0.717, 1.165) is 22.5 Å². The molecule has 1 saturated carbocycles. The third-order valence-electron chi connectivity index (χ3n) is 3.49. The number of thiophene rings is 1. The van der Waals surface area contributed by atoms with Crippen molar-refractivity contribution in [2.45, 2.75) is 39.2 Å². The van der Waals surface area contributed by atoms with Crippen molar-refractivity contribution >= 4 is 27.4 Å². The number of aryl methyl sites for hydroxylation is 1. The Bertz CT molecular complexity index is 592. The molecule has 4 nitrogen and oxygen atoms in total. The topological polar surface area (TPSA) is 61.0 Å². The first-order valence-electron chi connectivity index (χ1n) is 6.90. The largest absolute Gasteiger partial charge is 0.383 e. The maximum Gasteiger partial charge on any atom is 0.161 e. The fourth-order valence-electron chi connectivity index (χ4n) is 2.31. The minimum Gasteiger partial charge on any atom is -0.383 e. The van der Waals surface area contributed by atoms with E-state index in [4.69, 9.17) is 10.5 Å². The number of fused-ring (bicyclic) bond motifs is 1. The number of nitrogens with two attached hydrogens (primary N) is 1. The van der Waals surface area contributed by atoms with Crippen LogP contribution in [0.15, 0.2) is 6.07 Å². The van der Waals surface area contributed by atoms with Gasteiger partial charge in [0.2, 0.25) is 0 Å². The van der Waals surface area contributed by atoms with E-state index in [1.807, 2.05) is 6.92 Å². The number of anilines is 1. The van der Waals surface area contributed by atoms with Gasteiger partial charge in [-0.15, -0.1) is 11.3 Å². The normalized spacial score (nSPS) is 16.9. The number of rotatable bonds is 5. The Labute approximate surface area is 117 Å². The van der Waals surface area contributed by atoms with Crippen LogP contribution in [0.1, 0.15) is 43.5 Å². The zero-order valence-corrected chi connectivity index (χ0v) is 12.2. The summed E-state index contributed by atoms with van der Waals surface area (Å²) in [5.41, 5.74) is 6.08. The van der Waals surface area contributed by atoms with E-state index in [1.165, 1.54) is 17.7 Å². The Balaban J connectivity index is 2.03. The van der Waals surface area contributed by atoms with Gasteiger partial charge in [-0.3, -0.25) is 0 Å². The quantitative estimate of drug-likeness (QED) is 0.910. The first-order chi connectivity index (χ1) is 9.22. The molecule has 1 atom stereocenters. The lowest BCUT2D eigenvalue weighted by molar-refractivity contribution is 0.0404. The number of nitrogens with zero attached hydrogens (tertiary/aromatic N) is 2. The number of hydrogen-bond donors (Lipinski definition) is 1. The summed E-state index contributed by atoms with van der Waals surface area (Å²) >= 11 is 1.71. The molecule has 5 heteroatoms. The SMILES string of the molecule is CCOC(c1nc(N)c2cc(CC)sc2n1)C1CC1. The van der Waals surface area contributed by atoms with Crippen LogP contribution in [0.4, 0.5) is 5.82 Å². The summed E-state index contributed by atoms with van der Waals surface area (Å²) in [6.45, 7) is 4.84. The van der Waals surface area contributed by atoms with Crippen molar-refractivity contribution in [3.8, 4) is 0 Å². The van der Waals surface area contributed by atoms with E-state index < -0.39 is 0 Å². The van der Waals surface area contributed by atoms with E-state index in [1.54, 1.807) is 11.3 Å². The van der Waals surface area contributed by atoms with Gasteiger partial charge in [0, 0.05) is 11.5 Å². The molecule has 0 aromatic carbocycles. The number of hydrogen-bond acceptors (Lipinski definition) is 5. The monoisotopic (exact) mass is 277 g/mol. The average Bonchev–Trinajstić information content (AvgIpc) is 3.14. The van der Waals surface area contributed by atoms with E-state index in [9.17, 15) is 0 Å². The van der Waals surface area contributed by atoms with Crippen molar-refractivity contribution < 1.29 is 4.74 Å². The van der Waals surface area contributed by atoms with Crippen LogP contribution in [0.3, 0.4) is 0 Å². The summed E-state index contributed by atoms with van der Waals surface area (Å²) in [4.78, 5) is 11.5. The van der Waals surface area contributed by atoms with Gasteiger partial charge in [0.25, 0.3) is 0 Å². The highest BCUT2D eigenvalue weighted by atomic mass is 32.1. The molecule has 0 amide bonds. The molecule has 0 saturated heterocycles. The van der Waals surface area contributed by atoms with Crippen molar-refractivity contribution in [1.82, 2.24) is 9.97 Å². The van der Waals surface area contributed by atoms with Gasteiger partial charge in [-0.1, -0.05) is 6.92 Å². The second kappa shape index (κ2) is 5.06. The molecule has 2 N–H and O–H groups in total. The third-order valence-corrected chi connectivity index (χ3v) is 4.66.